The molecule has 3 heterocycles. The van der Waals surface area contributed by atoms with Crippen LogP contribution in [-0.4, -0.2) is 49.2 Å². The van der Waals surface area contributed by atoms with Crippen molar-refractivity contribution in [2.75, 3.05) is 7.05 Å². The number of benzene rings is 1. The lowest BCUT2D eigenvalue weighted by Gasteiger charge is -2.19. The molecule has 10 nitrogen and oxygen atoms in total. The molecule has 3 aromatic rings. The van der Waals surface area contributed by atoms with Crippen molar-refractivity contribution in [3.8, 4) is 17.2 Å². The van der Waals surface area contributed by atoms with Crippen molar-refractivity contribution in [3.63, 3.8) is 0 Å². The lowest BCUT2D eigenvalue weighted by atomic mass is 10.1. The Balaban J connectivity index is 1.62. The van der Waals surface area contributed by atoms with Gasteiger partial charge in [-0.3, -0.25) is 9.36 Å². The number of nitrogens with zero attached hydrogens (tertiary/aromatic N) is 5. The molecule has 2 amide bonds. The molecular formula is C20H21ClN6O4. The van der Waals surface area contributed by atoms with E-state index in [1.165, 1.54) is 0 Å². The zero-order valence-corrected chi connectivity index (χ0v) is 18.2. The van der Waals surface area contributed by atoms with Crippen LogP contribution in [0.1, 0.15) is 42.7 Å². The van der Waals surface area contributed by atoms with E-state index in [2.05, 4.69) is 20.4 Å². The Hall–Kier alpha value is -3.40. The van der Waals surface area contributed by atoms with Crippen LogP contribution in [0.25, 0.3) is 17.2 Å². The number of hydrogen-bond acceptors (Lipinski definition) is 7. The Bertz CT molecular complexity index is 1160. The van der Waals surface area contributed by atoms with Crippen LogP contribution in [-0.2, 0) is 17.8 Å². The van der Waals surface area contributed by atoms with Crippen LogP contribution in [0, 0.1) is 0 Å². The lowest BCUT2D eigenvalue weighted by Crippen LogP contribution is -2.32. The van der Waals surface area contributed by atoms with Crippen molar-refractivity contribution in [3.05, 3.63) is 46.7 Å². The number of carbonyl (C=O) groups is 2. The van der Waals surface area contributed by atoms with E-state index in [-0.39, 0.29) is 30.7 Å². The number of fused-ring (bicyclic) bond motifs is 3. The number of nitrogens with one attached hydrogen (secondary N) is 1. The summed E-state index contributed by atoms with van der Waals surface area (Å²) in [6.07, 6.45) is 1.01. The van der Waals surface area contributed by atoms with Crippen LogP contribution >= 0.6 is 11.6 Å². The van der Waals surface area contributed by atoms with Crippen LogP contribution in [0.2, 0.25) is 5.02 Å². The SMILES string of the molecule is CN1Cc2c(-c3noc(CNC(=O)OC(C)(C)C)n3)ncn2-c2cccc(Cl)c2C1=O. The highest BCUT2D eigenvalue weighted by atomic mass is 35.5. The van der Waals surface area contributed by atoms with Gasteiger partial charge in [0.1, 0.15) is 24.2 Å². The fourth-order valence-corrected chi connectivity index (χ4v) is 3.47. The summed E-state index contributed by atoms with van der Waals surface area (Å²) >= 11 is 6.30. The van der Waals surface area contributed by atoms with Gasteiger partial charge in [0.15, 0.2) is 0 Å². The molecule has 0 saturated carbocycles. The van der Waals surface area contributed by atoms with Crippen molar-refractivity contribution >= 4 is 23.6 Å². The van der Waals surface area contributed by atoms with Gasteiger partial charge in [0, 0.05) is 7.05 Å². The number of aromatic nitrogens is 4. The first-order valence-electron chi connectivity index (χ1n) is 9.54. The Kier molecular flexibility index (Phi) is 5.18. The van der Waals surface area contributed by atoms with Crippen LogP contribution in [0.4, 0.5) is 4.79 Å². The topological polar surface area (TPSA) is 115 Å². The molecule has 0 unspecified atom stereocenters. The highest BCUT2D eigenvalue weighted by Crippen LogP contribution is 2.32. The molecular weight excluding hydrogens is 424 g/mol. The average molecular weight is 445 g/mol. The predicted octanol–water partition coefficient (Wildman–Crippen LogP) is 3.19. The first kappa shape index (κ1) is 20.9. The average Bonchev–Trinajstić information content (AvgIpc) is 3.28. The molecule has 0 fully saturated rings. The zero-order valence-electron chi connectivity index (χ0n) is 17.5. The number of carbonyl (C=O) groups excluding carboxylic acids is 2. The third kappa shape index (κ3) is 4.11. The first-order chi connectivity index (χ1) is 14.6. The van der Waals surface area contributed by atoms with Gasteiger partial charge in [0.25, 0.3) is 5.91 Å². The second-order valence-corrected chi connectivity index (χ2v) is 8.48. The summed E-state index contributed by atoms with van der Waals surface area (Å²) in [4.78, 5) is 35.0. The second kappa shape index (κ2) is 7.69. The van der Waals surface area contributed by atoms with Crippen LogP contribution in [0.3, 0.4) is 0 Å². The molecule has 1 aliphatic heterocycles. The van der Waals surface area contributed by atoms with Crippen molar-refractivity contribution in [2.24, 2.45) is 0 Å². The minimum atomic E-state index is -0.610. The quantitative estimate of drug-likeness (QED) is 0.659. The molecule has 0 saturated heterocycles. The van der Waals surface area contributed by atoms with Gasteiger partial charge in [0.05, 0.1) is 28.5 Å². The molecule has 1 N–H and O–H groups in total. The molecule has 31 heavy (non-hydrogen) atoms. The maximum atomic E-state index is 12.8. The van der Waals surface area contributed by atoms with E-state index in [4.69, 9.17) is 20.9 Å². The van der Waals surface area contributed by atoms with Gasteiger partial charge in [-0.15, -0.1) is 0 Å². The fraction of sp³-hybridized carbons (Fsp3) is 0.350. The Labute approximate surface area is 183 Å². The van der Waals surface area contributed by atoms with Crippen LogP contribution in [0.5, 0.6) is 0 Å². The number of rotatable bonds is 3. The van der Waals surface area contributed by atoms with E-state index in [1.54, 1.807) is 61.8 Å². The summed E-state index contributed by atoms with van der Waals surface area (Å²) in [6, 6.07) is 5.26. The van der Waals surface area contributed by atoms with Crippen LogP contribution < -0.4 is 5.32 Å². The van der Waals surface area contributed by atoms with Gasteiger partial charge >= 0.3 is 6.09 Å². The monoisotopic (exact) mass is 444 g/mol. The summed E-state index contributed by atoms with van der Waals surface area (Å²) < 4.78 is 12.2. The normalized spacial score (nSPS) is 13.5. The highest BCUT2D eigenvalue weighted by Gasteiger charge is 2.29. The van der Waals surface area contributed by atoms with Crippen molar-refractivity contribution in [2.45, 2.75) is 39.5 Å². The fourth-order valence-electron chi connectivity index (χ4n) is 3.22. The maximum absolute atomic E-state index is 12.8. The molecule has 1 aromatic carbocycles. The summed E-state index contributed by atoms with van der Waals surface area (Å²) in [7, 11) is 1.69. The predicted molar refractivity (Wildman–Crippen MR) is 111 cm³/mol. The van der Waals surface area contributed by atoms with Gasteiger partial charge in [0.2, 0.25) is 11.7 Å². The van der Waals surface area contributed by atoms with E-state index >= 15 is 0 Å². The minimum Gasteiger partial charge on any atom is -0.444 e. The van der Waals surface area contributed by atoms with Crippen molar-refractivity contribution in [1.82, 2.24) is 29.9 Å². The smallest absolute Gasteiger partial charge is 0.408 e. The van der Waals surface area contributed by atoms with Gasteiger partial charge in [-0.05, 0) is 32.9 Å². The maximum Gasteiger partial charge on any atom is 0.408 e. The van der Waals surface area contributed by atoms with Crippen molar-refractivity contribution in [1.29, 1.82) is 0 Å². The van der Waals surface area contributed by atoms with E-state index in [9.17, 15) is 9.59 Å². The summed E-state index contributed by atoms with van der Waals surface area (Å²) in [5.74, 6) is 0.260. The minimum absolute atomic E-state index is 0.00872. The molecule has 0 aliphatic carbocycles. The van der Waals surface area contributed by atoms with Gasteiger partial charge in [-0.25, -0.2) is 9.78 Å². The lowest BCUT2D eigenvalue weighted by molar-refractivity contribution is 0.0517. The van der Waals surface area contributed by atoms with Crippen molar-refractivity contribution < 1.29 is 18.8 Å². The largest absolute Gasteiger partial charge is 0.444 e. The second-order valence-electron chi connectivity index (χ2n) is 8.07. The molecule has 4 rings (SSSR count). The molecule has 0 spiro atoms. The number of ether oxygens (including phenoxy) is 1. The molecule has 2 aromatic heterocycles. The molecule has 0 radical (unpaired) electrons. The van der Waals surface area contributed by atoms with E-state index in [1.807, 2.05) is 0 Å². The van der Waals surface area contributed by atoms with Gasteiger partial charge in [-0.1, -0.05) is 22.8 Å². The number of alkyl carbamates (subject to hydrolysis) is 1. The number of hydrogen-bond donors (Lipinski definition) is 1. The third-order valence-electron chi connectivity index (χ3n) is 4.53. The molecule has 0 bridgehead atoms. The summed E-state index contributed by atoms with van der Waals surface area (Å²) in [6.45, 7) is 5.60. The Morgan fingerprint density at radius 1 is 1.35 bits per heavy atom. The third-order valence-corrected chi connectivity index (χ3v) is 4.84. The molecule has 11 heteroatoms. The van der Waals surface area contributed by atoms with E-state index in [0.29, 0.717) is 27.7 Å². The zero-order chi connectivity index (χ0) is 22.3. The molecule has 0 atom stereocenters. The number of halogens is 1. The molecule has 1 aliphatic rings. The summed E-state index contributed by atoms with van der Waals surface area (Å²) in [5, 5.41) is 6.92. The van der Waals surface area contributed by atoms with Crippen LogP contribution in [0.15, 0.2) is 29.0 Å². The number of imidazole rings is 1. The Morgan fingerprint density at radius 2 is 2.13 bits per heavy atom. The summed E-state index contributed by atoms with van der Waals surface area (Å²) in [5.41, 5.74) is 1.61. The van der Waals surface area contributed by atoms with Gasteiger partial charge in [-0.2, -0.15) is 4.98 Å². The highest BCUT2D eigenvalue weighted by molar-refractivity contribution is 6.34. The standard InChI is InChI=1S/C20H21ClN6O4/c1-20(2,3)30-19(29)22-8-14-24-17(25-31-14)16-13-9-26(4)18(28)15-11(21)6-5-7-12(15)27(13)10-23-16/h5-7,10H,8-9H2,1-4H3,(H,22,29). The Morgan fingerprint density at radius 3 is 2.87 bits per heavy atom. The first-order valence-corrected chi connectivity index (χ1v) is 9.92. The van der Waals surface area contributed by atoms with E-state index < -0.39 is 11.7 Å². The van der Waals surface area contributed by atoms with Gasteiger partial charge < -0.3 is 19.5 Å². The molecule has 162 valence electrons. The number of amides is 2. The van der Waals surface area contributed by atoms with E-state index in [0.717, 1.165) is 0 Å².